The predicted octanol–water partition coefficient (Wildman–Crippen LogP) is 0.968. The van der Waals surface area contributed by atoms with Gasteiger partial charge >= 0.3 is 0 Å². The molecule has 0 radical (unpaired) electrons. The molecule has 1 aromatic rings. The van der Waals surface area contributed by atoms with Crippen LogP contribution in [0.15, 0.2) is 0 Å². The first-order chi connectivity index (χ1) is 8.33. The Labute approximate surface area is 100 Å². The van der Waals surface area contributed by atoms with Crippen LogP contribution in [0.5, 0.6) is 0 Å². The zero-order chi connectivity index (χ0) is 11.7. The molecule has 2 aliphatic carbocycles. The molecular formula is C12H18N4O. The number of amides is 1. The summed E-state index contributed by atoms with van der Waals surface area (Å²) < 4.78 is 0. The highest BCUT2D eigenvalue weighted by Gasteiger charge is 2.28. The average molecular weight is 234 g/mol. The molecule has 1 heterocycles. The van der Waals surface area contributed by atoms with E-state index in [1.807, 2.05) is 0 Å². The number of nitrogens with one attached hydrogen (secondary N) is 2. The summed E-state index contributed by atoms with van der Waals surface area (Å²) in [5.41, 5.74) is 2.01. The molecule has 0 spiro atoms. The highest BCUT2D eigenvalue weighted by Crippen LogP contribution is 2.24. The highest BCUT2D eigenvalue weighted by atomic mass is 16.1. The van der Waals surface area contributed by atoms with E-state index in [1.54, 1.807) is 0 Å². The van der Waals surface area contributed by atoms with Crippen LogP contribution in [0.2, 0.25) is 0 Å². The van der Waals surface area contributed by atoms with Gasteiger partial charge in [-0.3, -0.25) is 4.79 Å². The van der Waals surface area contributed by atoms with Crippen molar-refractivity contribution in [3.05, 3.63) is 11.4 Å². The minimum Gasteiger partial charge on any atom is -0.353 e. The summed E-state index contributed by atoms with van der Waals surface area (Å²) in [4.78, 5) is 12.1. The van der Waals surface area contributed by atoms with Crippen LogP contribution in [0.4, 0.5) is 0 Å². The lowest BCUT2D eigenvalue weighted by molar-refractivity contribution is -0.126. The monoisotopic (exact) mass is 234 g/mol. The Kier molecular flexibility index (Phi) is 2.82. The van der Waals surface area contributed by atoms with Gasteiger partial charge < -0.3 is 5.32 Å². The summed E-state index contributed by atoms with van der Waals surface area (Å²) >= 11 is 0. The zero-order valence-electron chi connectivity index (χ0n) is 9.91. The molecule has 5 heteroatoms. The molecule has 1 fully saturated rings. The Bertz CT molecular complexity index is 408. The van der Waals surface area contributed by atoms with Crippen molar-refractivity contribution in [1.82, 2.24) is 20.7 Å². The van der Waals surface area contributed by atoms with Crippen molar-refractivity contribution in [2.45, 2.75) is 51.0 Å². The van der Waals surface area contributed by atoms with E-state index in [9.17, 15) is 4.79 Å². The number of fused-ring (bicyclic) bond motifs is 1. The lowest BCUT2D eigenvalue weighted by Crippen LogP contribution is -2.39. The Morgan fingerprint density at radius 3 is 2.76 bits per heavy atom. The molecule has 0 bridgehead atoms. The Hall–Kier alpha value is -1.39. The summed E-state index contributed by atoms with van der Waals surface area (Å²) in [7, 11) is 0. The SMILES string of the molecule is O=C(NC1CCCC1)C1CCc2n[nH]nc2C1. The quantitative estimate of drug-likeness (QED) is 0.801. The van der Waals surface area contributed by atoms with Gasteiger partial charge in [0, 0.05) is 18.4 Å². The van der Waals surface area contributed by atoms with Crippen molar-refractivity contribution in [1.29, 1.82) is 0 Å². The third kappa shape index (κ3) is 2.18. The molecule has 2 N–H and O–H groups in total. The third-order valence-corrected chi connectivity index (χ3v) is 3.94. The second kappa shape index (κ2) is 4.47. The van der Waals surface area contributed by atoms with Gasteiger partial charge in [-0.15, -0.1) is 0 Å². The van der Waals surface area contributed by atoms with E-state index in [0.29, 0.717) is 6.04 Å². The van der Waals surface area contributed by atoms with Gasteiger partial charge in [-0.1, -0.05) is 12.8 Å². The summed E-state index contributed by atoms with van der Waals surface area (Å²) in [5, 5.41) is 14.0. The fraction of sp³-hybridized carbons (Fsp3) is 0.750. The van der Waals surface area contributed by atoms with Crippen LogP contribution in [-0.4, -0.2) is 27.4 Å². The third-order valence-electron chi connectivity index (χ3n) is 3.94. The highest BCUT2D eigenvalue weighted by molar-refractivity contribution is 5.79. The van der Waals surface area contributed by atoms with Gasteiger partial charge in [0.15, 0.2) is 0 Å². The lowest BCUT2D eigenvalue weighted by atomic mass is 9.89. The number of aromatic amines is 1. The average Bonchev–Trinajstić information content (AvgIpc) is 2.97. The fourth-order valence-electron chi connectivity index (χ4n) is 2.90. The number of aryl methyl sites for hydroxylation is 1. The molecule has 3 rings (SSSR count). The first-order valence-electron chi connectivity index (χ1n) is 6.52. The van der Waals surface area contributed by atoms with Gasteiger partial charge in [-0.05, 0) is 25.7 Å². The fourth-order valence-corrected chi connectivity index (χ4v) is 2.90. The van der Waals surface area contributed by atoms with Crippen molar-refractivity contribution in [3.63, 3.8) is 0 Å². The number of H-pyrrole nitrogens is 1. The largest absolute Gasteiger partial charge is 0.353 e. The molecule has 17 heavy (non-hydrogen) atoms. The summed E-state index contributed by atoms with van der Waals surface area (Å²) in [6, 6.07) is 0.418. The second-order valence-electron chi connectivity index (χ2n) is 5.15. The van der Waals surface area contributed by atoms with Crippen LogP contribution < -0.4 is 5.32 Å². The molecule has 1 aromatic heterocycles. The molecule has 1 unspecified atom stereocenters. The maximum absolute atomic E-state index is 12.1. The van der Waals surface area contributed by atoms with Gasteiger partial charge in [0.05, 0.1) is 11.4 Å². The topological polar surface area (TPSA) is 70.7 Å². The molecule has 0 aromatic carbocycles. The van der Waals surface area contributed by atoms with Gasteiger partial charge in [-0.2, -0.15) is 15.4 Å². The molecule has 1 saturated carbocycles. The number of aromatic nitrogens is 3. The Balaban J connectivity index is 1.60. The van der Waals surface area contributed by atoms with Crippen LogP contribution in [-0.2, 0) is 17.6 Å². The van der Waals surface area contributed by atoms with Crippen molar-refractivity contribution in [2.24, 2.45) is 5.92 Å². The number of nitrogens with zero attached hydrogens (tertiary/aromatic N) is 2. The first-order valence-corrected chi connectivity index (χ1v) is 6.52. The lowest BCUT2D eigenvalue weighted by Gasteiger charge is -2.21. The van der Waals surface area contributed by atoms with E-state index in [0.717, 1.165) is 43.5 Å². The minimum atomic E-state index is 0.0909. The standard InChI is InChI=1S/C12H18N4O/c17-12(13-9-3-1-2-4-9)8-5-6-10-11(7-8)15-16-14-10/h8-9H,1-7H2,(H,13,17)(H,14,15,16). The molecule has 1 atom stereocenters. The number of carbonyl (C=O) groups is 1. The Morgan fingerprint density at radius 1 is 1.18 bits per heavy atom. The van der Waals surface area contributed by atoms with Gasteiger partial charge in [0.2, 0.25) is 5.91 Å². The summed E-state index contributed by atoms with van der Waals surface area (Å²) in [5.74, 6) is 0.304. The first kappa shape index (κ1) is 10.7. The molecule has 0 aliphatic heterocycles. The van der Waals surface area contributed by atoms with Crippen molar-refractivity contribution >= 4 is 5.91 Å². The molecule has 5 nitrogen and oxygen atoms in total. The smallest absolute Gasteiger partial charge is 0.223 e. The number of carbonyl (C=O) groups excluding carboxylic acids is 1. The predicted molar refractivity (Wildman–Crippen MR) is 62.3 cm³/mol. The van der Waals surface area contributed by atoms with Crippen molar-refractivity contribution in [2.75, 3.05) is 0 Å². The van der Waals surface area contributed by atoms with E-state index in [1.165, 1.54) is 12.8 Å². The van der Waals surface area contributed by atoms with Gasteiger partial charge in [0.25, 0.3) is 0 Å². The van der Waals surface area contributed by atoms with E-state index < -0.39 is 0 Å². The molecule has 92 valence electrons. The van der Waals surface area contributed by atoms with Gasteiger partial charge in [-0.25, -0.2) is 0 Å². The molecule has 0 saturated heterocycles. The van der Waals surface area contributed by atoms with Crippen molar-refractivity contribution < 1.29 is 4.79 Å². The van der Waals surface area contributed by atoms with Crippen LogP contribution in [0.3, 0.4) is 0 Å². The van der Waals surface area contributed by atoms with E-state index in [-0.39, 0.29) is 11.8 Å². The second-order valence-corrected chi connectivity index (χ2v) is 5.15. The minimum absolute atomic E-state index is 0.0909. The van der Waals surface area contributed by atoms with E-state index in [4.69, 9.17) is 0 Å². The van der Waals surface area contributed by atoms with E-state index >= 15 is 0 Å². The van der Waals surface area contributed by atoms with Crippen LogP contribution in [0.1, 0.15) is 43.5 Å². The number of rotatable bonds is 2. The number of hydrogen-bond acceptors (Lipinski definition) is 3. The summed E-state index contributed by atoms with van der Waals surface area (Å²) in [6.45, 7) is 0. The molecular weight excluding hydrogens is 216 g/mol. The zero-order valence-corrected chi connectivity index (χ0v) is 9.91. The van der Waals surface area contributed by atoms with Crippen LogP contribution in [0.25, 0.3) is 0 Å². The van der Waals surface area contributed by atoms with Gasteiger partial charge in [0.1, 0.15) is 0 Å². The molecule has 2 aliphatic rings. The summed E-state index contributed by atoms with van der Waals surface area (Å²) in [6.07, 6.45) is 7.31. The van der Waals surface area contributed by atoms with Crippen molar-refractivity contribution in [3.8, 4) is 0 Å². The maximum atomic E-state index is 12.1. The normalized spacial score (nSPS) is 24.6. The molecule has 1 amide bonds. The van der Waals surface area contributed by atoms with E-state index in [2.05, 4.69) is 20.7 Å². The van der Waals surface area contributed by atoms with Crippen LogP contribution >= 0.6 is 0 Å². The maximum Gasteiger partial charge on any atom is 0.223 e. The number of hydrogen-bond donors (Lipinski definition) is 2. The Morgan fingerprint density at radius 2 is 1.94 bits per heavy atom. The van der Waals surface area contributed by atoms with Crippen LogP contribution in [0, 0.1) is 5.92 Å².